The average molecular weight is 429 g/mol. The lowest BCUT2D eigenvalue weighted by atomic mass is 9.80. The van der Waals surface area contributed by atoms with Gasteiger partial charge in [-0.25, -0.2) is 8.42 Å². The smallest absolute Gasteiger partial charge is 0.175 e. The van der Waals surface area contributed by atoms with Gasteiger partial charge in [-0.05, 0) is 73.7 Å². The van der Waals surface area contributed by atoms with E-state index >= 15 is 0 Å². The lowest BCUT2D eigenvalue weighted by molar-refractivity contribution is -0.0560. The van der Waals surface area contributed by atoms with Crippen LogP contribution in [0.2, 0.25) is 0 Å². The van der Waals surface area contributed by atoms with E-state index in [1.807, 2.05) is 24.3 Å². The average Bonchev–Trinajstić information content (AvgIpc) is 2.91. The van der Waals surface area contributed by atoms with Crippen LogP contribution in [0.25, 0.3) is 11.1 Å². The summed E-state index contributed by atoms with van der Waals surface area (Å²) in [5.74, 6) is 0.812. The summed E-state index contributed by atoms with van der Waals surface area (Å²) in [6.45, 7) is 8.54. The van der Waals surface area contributed by atoms with Crippen LogP contribution in [0.15, 0.2) is 53.4 Å². The van der Waals surface area contributed by atoms with Crippen molar-refractivity contribution < 1.29 is 17.9 Å². The largest absolute Gasteiger partial charge is 0.497 e. The molecule has 5 heteroatoms. The number of methoxy groups -OCH3 is 1. The first-order valence-electron chi connectivity index (χ1n) is 10.4. The highest BCUT2D eigenvalue weighted by molar-refractivity contribution is 7.90. The van der Waals surface area contributed by atoms with Gasteiger partial charge in [-0.1, -0.05) is 44.0 Å². The van der Waals surface area contributed by atoms with Crippen molar-refractivity contribution >= 4 is 21.0 Å². The quantitative estimate of drug-likeness (QED) is 0.562. The van der Waals surface area contributed by atoms with Crippen molar-refractivity contribution in [2.45, 2.75) is 63.1 Å². The van der Waals surface area contributed by atoms with E-state index in [4.69, 9.17) is 9.47 Å². The van der Waals surface area contributed by atoms with Crippen LogP contribution in [0.3, 0.4) is 0 Å². The van der Waals surface area contributed by atoms with Crippen LogP contribution >= 0.6 is 0 Å². The Morgan fingerprint density at radius 2 is 1.43 bits per heavy atom. The van der Waals surface area contributed by atoms with Crippen LogP contribution in [-0.2, 0) is 14.6 Å². The summed E-state index contributed by atoms with van der Waals surface area (Å²) in [4.78, 5) is 0.323. The molecule has 1 heterocycles. The van der Waals surface area contributed by atoms with Crippen molar-refractivity contribution in [1.29, 1.82) is 0 Å². The molecule has 30 heavy (non-hydrogen) atoms. The number of rotatable bonds is 7. The molecule has 0 aliphatic carbocycles. The van der Waals surface area contributed by atoms with Crippen LogP contribution < -0.4 is 4.74 Å². The molecule has 0 bridgehead atoms. The molecule has 0 aromatic heterocycles. The molecule has 2 aromatic rings. The van der Waals surface area contributed by atoms with Gasteiger partial charge in [-0.3, -0.25) is 0 Å². The van der Waals surface area contributed by atoms with Gasteiger partial charge in [-0.2, -0.15) is 0 Å². The maximum absolute atomic E-state index is 11.9. The molecule has 1 aliphatic heterocycles. The SMILES string of the molecule is CCCCC1(C)OC(C)(C)C(c2ccc(S(C)(=O)=O)cc2)=C1c1ccc(OC)cc1. The zero-order valence-electron chi connectivity index (χ0n) is 18.8. The molecule has 0 N–H and O–H groups in total. The fourth-order valence-electron chi connectivity index (χ4n) is 4.49. The van der Waals surface area contributed by atoms with Crippen molar-refractivity contribution in [3.8, 4) is 5.75 Å². The summed E-state index contributed by atoms with van der Waals surface area (Å²) in [5.41, 5.74) is 3.41. The number of ether oxygens (including phenoxy) is 2. The summed E-state index contributed by atoms with van der Waals surface area (Å²) in [5, 5.41) is 0. The van der Waals surface area contributed by atoms with Gasteiger partial charge in [0.1, 0.15) is 5.75 Å². The minimum atomic E-state index is -3.24. The van der Waals surface area contributed by atoms with Gasteiger partial charge in [0, 0.05) is 6.26 Å². The fraction of sp³-hybridized carbons (Fsp3) is 0.440. The predicted molar refractivity (Wildman–Crippen MR) is 122 cm³/mol. The van der Waals surface area contributed by atoms with Crippen LogP contribution in [0.1, 0.15) is 58.1 Å². The summed E-state index contributed by atoms with van der Waals surface area (Å²) < 4.78 is 35.9. The Labute approximate surface area is 180 Å². The molecule has 1 aliphatic rings. The molecule has 0 radical (unpaired) electrons. The fourth-order valence-corrected chi connectivity index (χ4v) is 5.12. The first-order chi connectivity index (χ1) is 14.0. The normalized spacial score (nSPS) is 21.1. The Kier molecular flexibility index (Phi) is 6.17. The van der Waals surface area contributed by atoms with E-state index in [2.05, 4.69) is 39.8 Å². The molecular formula is C25H32O4S. The number of hydrogen-bond donors (Lipinski definition) is 0. The Balaban J connectivity index is 2.23. The van der Waals surface area contributed by atoms with Crippen LogP contribution in [0.5, 0.6) is 5.75 Å². The van der Waals surface area contributed by atoms with E-state index in [1.54, 1.807) is 19.2 Å². The Morgan fingerprint density at radius 3 is 1.93 bits per heavy atom. The zero-order chi connectivity index (χ0) is 22.2. The first kappa shape index (κ1) is 22.6. The predicted octanol–water partition coefficient (Wildman–Crippen LogP) is 5.77. The van der Waals surface area contributed by atoms with E-state index in [0.717, 1.165) is 47.3 Å². The summed E-state index contributed by atoms with van der Waals surface area (Å²) in [7, 11) is -1.58. The maximum Gasteiger partial charge on any atom is 0.175 e. The van der Waals surface area contributed by atoms with Gasteiger partial charge in [0.15, 0.2) is 9.84 Å². The van der Waals surface area contributed by atoms with Gasteiger partial charge >= 0.3 is 0 Å². The lowest BCUT2D eigenvalue weighted by Crippen LogP contribution is -2.32. The molecule has 162 valence electrons. The Bertz CT molecular complexity index is 1030. The first-order valence-corrected chi connectivity index (χ1v) is 12.3. The number of unbranched alkanes of at least 4 members (excludes halogenated alkanes) is 1. The number of benzene rings is 2. The monoisotopic (exact) mass is 428 g/mol. The summed E-state index contributed by atoms with van der Waals surface area (Å²) >= 11 is 0. The molecule has 0 saturated heterocycles. The zero-order valence-corrected chi connectivity index (χ0v) is 19.6. The topological polar surface area (TPSA) is 52.6 Å². The standard InChI is InChI=1S/C25H32O4S/c1-7-8-17-25(4)23(19-9-13-20(28-5)14-10-19)22(24(2,3)29-25)18-11-15-21(16-12-18)30(6,26)27/h9-16H,7-8,17H2,1-6H3. The highest BCUT2D eigenvalue weighted by atomic mass is 32.2. The molecule has 1 unspecified atom stereocenters. The minimum Gasteiger partial charge on any atom is -0.497 e. The minimum absolute atomic E-state index is 0.323. The van der Waals surface area contributed by atoms with Crippen molar-refractivity contribution in [3.05, 3.63) is 59.7 Å². The van der Waals surface area contributed by atoms with Crippen LogP contribution in [0, 0.1) is 0 Å². The maximum atomic E-state index is 11.9. The molecule has 2 aromatic carbocycles. The lowest BCUT2D eigenvalue weighted by Gasteiger charge is -2.31. The second kappa shape index (κ2) is 8.20. The third kappa shape index (κ3) is 4.33. The third-order valence-corrected chi connectivity index (χ3v) is 6.95. The van der Waals surface area contributed by atoms with E-state index in [1.165, 1.54) is 6.26 Å². The molecule has 3 rings (SSSR count). The van der Waals surface area contributed by atoms with E-state index in [9.17, 15) is 8.42 Å². The van der Waals surface area contributed by atoms with Gasteiger partial charge in [-0.15, -0.1) is 0 Å². The number of hydrogen-bond acceptors (Lipinski definition) is 4. The van der Waals surface area contributed by atoms with Gasteiger partial charge < -0.3 is 9.47 Å². The highest BCUT2D eigenvalue weighted by Gasteiger charge is 2.48. The van der Waals surface area contributed by atoms with E-state index in [0.29, 0.717) is 4.90 Å². The highest BCUT2D eigenvalue weighted by Crippen LogP contribution is 2.53. The molecule has 1 atom stereocenters. The van der Waals surface area contributed by atoms with Crippen molar-refractivity contribution in [1.82, 2.24) is 0 Å². The molecule has 0 spiro atoms. The molecule has 0 saturated carbocycles. The van der Waals surface area contributed by atoms with Crippen molar-refractivity contribution in [3.63, 3.8) is 0 Å². The third-order valence-electron chi connectivity index (χ3n) is 5.82. The second-order valence-corrected chi connectivity index (χ2v) is 10.7. The second-order valence-electron chi connectivity index (χ2n) is 8.72. The molecule has 0 amide bonds. The van der Waals surface area contributed by atoms with Gasteiger partial charge in [0.2, 0.25) is 0 Å². The van der Waals surface area contributed by atoms with Gasteiger partial charge in [0.25, 0.3) is 0 Å². The Morgan fingerprint density at radius 1 is 0.900 bits per heavy atom. The molecular weight excluding hydrogens is 396 g/mol. The molecule has 0 fully saturated rings. The summed E-state index contributed by atoms with van der Waals surface area (Å²) in [6.07, 6.45) is 4.30. The van der Waals surface area contributed by atoms with Gasteiger partial charge in [0.05, 0.1) is 23.2 Å². The molecule has 4 nitrogen and oxygen atoms in total. The van der Waals surface area contributed by atoms with Crippen LogP contribution in [0.4, 0.5) is 0 Å². The Hall–Kier alpha value is -2.11. The number of sulfone groups is 1. The van der Waals surface area contributed by atoms with Crippen molar-refractivity contribution in [2.75, 3.05) is 13.4 Å². The van der Waals surface area contributed by atoms with E-state index in [-0.39, 0.29) is 0 Å². The summed E-state index contributed by atoms with van der Waals surface area (Å²) in [6, 6.07) is 15.2. The van der Waals surface area contributed by atoms with Crippen LogP contribution in [-0.4, -0.2) is 33.0 Å². The van der Waals surface area contributed by atoms with Crippen molar-refractivity contribution in [2.24, 2.45) is 0 Å². The van der Waals surface area contributed by atoms with E-state index < -0.39 is 21.0 Å².